The van der Waals surface area contributed by atoms with E-state index in [0.29, 0.717) is 13.0 Å². The van der Waals surface area contributed by atoms with Crippen molar-refractivity contribution >= 4 is 12.4 Å². The quantitative estimate of drug-likeness (QED) is 0.348. The second kappa shape index (κ2) is 9.03. The molecule has 0 spiro atoms. The molecule has 13 heavy (non-hydrogen) atoms. The molecule has 1 N–H and O–H groups in total. The normalized spacial score (nSPS) is 9.31. The molecular formula is C9H17NO3. The van der Waals surface area contributed by atoms with Gasteiger partial charge < -0.3 is 10.1 Å². The van der Waals surface area contributed by atoms with E-state index in [1.807, 2.05) is 0 Å². The largest absolute Gasteiger partial charge is 0.466 e. The number of ether oxygens (including phenoxy) is 1. The zero-order chi connectivity index (χ0) is 9.94. The van der Waals surface area contributed by atoms with Crippen LogP contribution in [0.5, 0.6) is 0 Å². The lowest BCUT2D eigenvalue weighted by Crippen LogP contribution is -2.11. The van der Waals surface area contributed by atoms with Crippen LogP contribution in [0.4, 0.5) is 0 Å². The van der Waals surface area contributed by atoms with Crippen LogP contribution in [0, 0.1) is 0 Å². The highest BCUT2D eigenvalue weighted by atomic mass is 16.5. The Bertz CT molecular complexity index is 148. The van der Waals surface area contributed by atoms with Crippen LogP contribution in [-0.2, 0) is 14.3 Å². The SMILES string of the molecule is CC(=O)OCCCCCCNC=O. The van der Waals surface area contributed by atoms with Gasteiger partial charge in [0.25, 0.3) is 0 Å². The molecule has 0 rings (SSSR count). The van der Waals surface area contributed by atoms with Crippen molar-refractivity contribution in [3.8, 4) is 0 Å². The molecule has 0 aromatic carbocycles. The van der Waals surface area contributed by atoms with Crippen LogP contribution in [0.15, 0.2) is 0 Å². The number of nitrogens with one attached hydrogen (secondary N) is 1. The maximum absolute atomic E-state index is 10.3. The summed E-state index contributed by atoms with van der Waals surface area (Å²) in [7, 11) is 0. The highest BCUT2D eigenvalue weighted by Gasteiger charge is 1.92. The van der Waals surface area contributed by atoms with Gasteiger partial charge in [-0.2, -0.15) is 0 Å². The van der Waals surface area contributed by atoms with Gasteiger partial charge in [-0.05, 0) is 19.3 Å². The van der Waals surface area contributed by atoms with Gasteiger partial charge in [0.2, 0.25) is 6.41 Å². The van der Waals surface area contributed by atoms with Crippen LogP contribution in [0.25, 0.3) is 0 Å². The molecule has 0 aliphatic heterocycles. The lowest BCUT2D eigenvalue weighted by molar-refractivity contribution is -0.141. The summed E-state index contributed by atoms with van der Waals surface area (Å²) >= 11 is 0. The molecule has 0 bridgehead atoms. The monoisotopic (exact) mass is 187 g/mol. The molecule has 0 saturated carbocycles. The van der Waals surface area contributed by atoms with E-state index in [9.17, 15) is 9.59 Å². The molecule has 0 unspecified atom stereocenters. The predicted molar refractivity (Wildman–Crippen MR) is 49.2 cm³/mol. The number of carbonyl (C=O) groups is 2. The van der Waals surface area contributed by atoms with Crippen molar-refractivity contribution in [3.05, 3.63) is 0 Å². The van der Waals surface area contributed by atoms with Gasteiger partial charge in [-0.25, -0.2) is 0 Å². The van der Waals surface area contributed by atoms with E-state index in [2.05, 4.69) is 5.32 Å². The van der Waals surface area contributed by atoms with Crippen molar-refractivity contribution in [2.75, 3.05) is 13.2 Å². The Kier molecular flexibility index (Phi) is 8.30. The fourth-order valence-electron chi connectivity index (χ4n) is 0.958. The molecule has 0 heterocycles. The summed E-state index contributed by atoms with van der Waals surface area (Å²) in [6.45, 7) is 2.65. The van der Waals surface area contributed by atoms with Gasteiger partial charge in [0.15, 0.2) is 0 Å². The van der Waals surface area contributed by atoms with Crippen molar-refractivity contribution in [3.63, 3.8) is 0 Å². The molecule has 0 aliphatic carbocycles. The van der Waals surface area contributed by atoms with E-state index in [-0.39, 0.29) is 5.97 Å². The minimum Gasteiger partial charge on any atom is -0.466 e. The molecule has 0 aromatic rings. The van der Waals surface area contributed by atoms with Gasteiger partial charge >= 0.3 is 5.97 Å². The average molecular weight is 187 g/mol. The molecule has 0 aromatic heterocycles. The summed E-state index contributed by atoms with van der Waals surface area (Å²) in [5, 5.41) is 2.59. The number of carbonyl (C=O) groups excluding carboxylic acids is 2. The molecule has 76 valence electrons. The Morgan fingerprint density at radius 2 is 2.00 bits per heavy atom. The Morgan fingerprint density at radius 3 is 2.62 bits per heavy atom. The van der Waals surface area contributed by atoms with Crippen molar-refractivity contribution in [1.82, 2.24) is 5.32 Å². The number of unbranched alkanes of at least 4 members (excludes halogenated alkanes) is 3. The van der Waals surface area contributed by atoms with Gasteiger partial charge in [-0.3, -0.25) is 9.59 Å². The van der Waals surface area contributed by atoms with Gasteiger partial charge in [0.1, 0.15) is 0 Å². The maximum atomic E-state index is 10.3. The van der Waals surface area contributed by atoms with E-state index in [0.717, 1.165) is 32.2 Å². The summed E-state index contributed by atoms with van der Waals surface area (Å²) in [6, 6.07) is 0. The Labute approximate surface area is 78.6 Å². The van der Waals surface area contributed by atoms with Crippen LogP contribution in [0.2, 0.25) is 0 Å². The van der Waals surface area contributed by atoms with E-state index >= 15 is 0 Å². The molecule has 0 radical (unpaired) electrons. The summed E-state index contributed by atoms with van der Waals surface area (Å²) in [6.07, 6.45) is 4.69. The number of esters is 1. The Morgan fingerprint density at radius 1 is 1.31 bits per heavy atom. The van der Waals surface area contributed by atoms with E-state index in [1.54, 1.807) is 0 Å². The molecule has 4 nitrogen and oxygen atoms in total. The molecule has 0 fully saturated rings. The fraction of sp³-hybridized carbons (Fsp3) is 0.778. The zero-order valence-corrected chi connectivity index (χ0v) is 8.04. The number of rotatable bonds is 8. The molecule has 0 atom stereocenters. The lowest BCUT2D eigenvalue weighted by atomic mass is 10.2. The molecular weight excluding hydrogens is 170 g/mol. The lowest BCUT2D eigenvalue weighted by Gasteiger charge is -2.01. The number of amides is 1. The Balaban J connectivity index is 2.91. The van der Waals surface area contributed by atoms with Crippen molar-refractivity contribution in [2.45, 2.75) is 32.6 Å². The van der Waals surface area contributed by atoms with E-state index in [4.69, 9.17) is 4.74 Å². The highest BCUT2D eigenvalue weighted by molar-refractivity contribution is 5.65. The van der Waals surface area contributed by atoms with Crippen LogP contribution < -0.4 is 5.32 Å². The fourth-order valence-corrected chi connectivity index (χ4v) is 0.958. The minimum atomic E-state index is -0.220. The molecule has 0 aliphatic rings. The molecule has 1 amide bonds. The first-order valence-electron chi connectivity index (χ1n) is 4.57. The first kappa shape index (κ1) is 11.9. The minimum absolute atomic E-state index is 0.220. The Hall–Kier alpha value is -1.06. The first-order valence-corrected chi connectivity index (χ1v) is 4.57. The summed E-state index contributed by atoms with van der Waals surface area (Å²) in [5.74, 6) is -0.220. The van der Waals surface area contributed by atoms with Gasteiger partial charge in [0, 0.05) is 13.5 Å². The van der Waals surface area contributed by atoms with Crippen LogP contribution in [0.3, 0.4) is 0 Å². The van der Waals surface area contributed by atoms with Crippen LogP contribution in [0.1, 0.15) is 32.6 Å². The summed E-state index contributed by atoms with van der Waals surface area (Å²) in [4.78, 5) is 20.2. The second-order valence-corrected chi connectivity index (χ2v) is 2.83. The first-order chi connectivity index (χ1) is 6.27. The van der Waals surface area contributed by atoms with Crippen molar-refractivity contribution in [1.29, 1.82) is 0 Å². The third kappa shape index (κ3) is 10.9. The third-order valence-electron chi connectivity index (χ3n) is 1.60. The molecule has 0 saturated heterocycles. The number of hydrogen-bond acceptors (Lipinski definition) is 3. The highest BCUT2D eigenvalue weighted by Crippen LogP contribution is 1.98. The summed E-state index contributed by atoms with van der Waals surface area (Å²) < 4.78 is 4.76. The smallest absolute Gasteiger partial charge is 0.302 e. The van der Waals surface area contributed by atoms with Gasteiger partial charge in [0.05, 0.1) is 6.61 Å². The zero-order valence-electron chi connectivity index (χ0n) is 8.04. The van der Waals surface area contributed by atoms with Crippen molar-refractivity contribution < 1.29 is 14.3 Å². The third-order valence-corrected chi connectivity index (χ3v) is 1.60. The second-order valence-electron chi connectivity index (χ2n) is 2.83. The standard InChI is InChI=1S/C9H17NO3/c1-9(12)13-7-5-3-2-4-6-10-8-11/h8H,2-7H2,1H3,(H,10,11). The van der Waals surface area contributed by atoms with Gasteiger partial charge in [-0.1, -0.05) is 6.42 Å². The average Bonchev–Trinajstić information content (AvgIpc) is 2.09. The topological polar surface area (TPSA) is 55.4 Å². The molecule has 4 heteroatoms. The van der Waals surface area contributed by atoms with Crippen LogP contribution >= 0.6 is 0 Å². The summed E-state index contributed by atoms with van der Waals surface area (Å²) in [5.41, 5.74) is 0. The van der Waals surface area contributed by atoms with Crippen molar-refractivity contribution in [2.24, 2.45) is 0 Å². The number of hydrogen-bond donors (Lipinski definition) is 1. The van der Waals surface area contributed by atoms with Crippen LogP contribution in [-0.4, -0.2) is 25.5 Å². The van der Waals surface area contributed by atoms with E-state index in [1.165, 1.54) is 6.92 Å². The van der Waals surface area contributed by atoms with Gasteiger partial charge in [-0.15, -0.1) is 0 Å². The predicted octanol–water partition coefficient (Wildman–Crippen LogP) is 0.856. The van der Waals surface area contributed by atoms with E-state index < -0.39 is 0 Å². The maximum Gasteiger partial charge on any atom is 0.302 e.